The van der Waals surface area contributed by atoms with Gasteiger partial charge in [-0.25, -0.2) is 9.97 Å². The summed E-state index contributed by atoms with van der Waals surface area (Å²) in [5, 5.41) is 0. The summed E-state index contributed by atoms with van der Waals surface area (Å²) in [7, 11) is 0. The van der Waals surface area contributed by atoms with Gasteiger partial charge in [0.25, 0.3) is 0 Å². The number of rotatable bonds is 8. The molecule has 150 valence electrons. The van der Waals surface area contributed by atoms with Crippen molar-refractivity contribution in [1.29, 1.82) is 0 Å². The smallest absolute Gasteiger partial charge is 0.225 e. The highest BCUT2D eigenvalue weighted by Crippen LogP contribution is 2.21. The molecule has 1 heterocycles. The average Bonchev–Trinajstić information content (AvgIpc) is 2.71. The van der Waals surface area contributed by atoms with Gasteiger partial charge < -0.3 is 0 Å². The third kappa shape index (κ3) is 6.53. The monoisotopic (exact) mass is 390 g/mol. The van der Waals surface area contributed by atoms with Crippen molar-refractivity contribution in [3.05, 3.63) is 84.7 Å². The number of benzene rings is 1. The lowest BCUT2D eigenvalue weighted by atomic mass is 10.2. The quantitative estimate of drug-likeness (QED) is 0.637. The molecule has 0 N–H and O–H groups in total. The van der Waals surface area contributed by atoms with Crippen LogP contribution in [0.3, 0.4) is 0 Å². The van der Waals surface area contributed by atoms with Crippen LogP contribution in [0.15, 0.2) is 79.2 Å². The van der Waals surface area contributed by atoms with Crippen LogP contribution in [0.2, 0.25) is 0 Å². The molecule has 0 spiro atoms. The molecule has 1 aromatic heterocycles. The first-order valence-electron chi connectivity index (χ1n) is 9.29. The van der Waals surface area contributed by atoms with Crippen LogP contribution >= 0.6 is 0 Å². The zero-order valence-corrected chi connectivity index (χ0v) is 17.1. The predicted octanol–water partition coefficient (Wildman–Crippen LogP) is 4.07. The van der Waals surface area contributed by atoms with Gasteiger partial charge in [-0.3, -0.25) is 19.4 Å². The second-order valence-corrected chi connectivity index (χ2v) is 6.56. The molecule has 2 aromatic rings. The number of carbonyl (C=O) groups is 2. The van der Waals surface area contributed by atoms with Crippen molar-refractivity contribution in [2.75, 3.05) is 16.3 Å². The maximum absolute atomic E-state index is 12.2. The summed E-state index contributed by atoms with van der Waals surface area (Å²) >= 11 is 0. The lowest BCUT2D eigenvalue weighted by molar-refractivity contribution is -0.117. The van der Waals surface area contributed by atoms with Crippen LogP contribution in [-0.2, 0) is 16.1 Å². The van der Waals surface area contributed by atoms with E-state index in [1.165, 1.54) is 20.2 Å². The van der Waals surface area contributed by atoms with Gasteiger partial charge in [0, 0.05) is 26.5 Å². The molecule has 0 saturated heterocycles. The van der Waals surface area contributed by atoms with Gasteiger partial charge in [-0.1, -0.05) is 66.8 Å². The molecule has 29 heavy (non-hydrogen) atoms. The Bertz CT molecular complexity index is 919. The van der Waals surface area contributed by atoms with Gasteiger partial charge in [-0.2, -0.15) is 0 Å². The van der Waals surface area contributed by atoms with Crippen LogP contribution in [0, 0.1) is 0 Å². The third-order valence-corrected chi connectivity index (χ3v) is 4.17. The zero-order valence-electron chi connectivity index (χ0n) is 17.1. The van der Waals surface area contributed by atoms with E-state index in [1.807, 2.05) is 55.5 Å². The predicted molar refractivity (Wildman–Crippen MR) is 116 cm³/mol. The normalized spacial score (nSPS) is 11.3. The first kappa shape index (κ1) is 21.8. The van der Waals surface area contributed by atoms with Crippen LogP contribution in [0.4, 0.5) is 11.6 Å². The van der Waals surface area contributed by atoms with Crippen molar-refractivity contribution in [2.24, 2.45) is 0 Å². The van der Waals surface area contributed by atoms with Gasteiger partial charge in [-0.15, -0.1) is 0 Å². The fourth-order valence-corrected chi connectivity index (χ4v) is 2.71. The molecule has 0 fully saturated rings. The summed E-state index contributed by atoms with van der Waals surface area (Å²) in [5.74, 6) is 0.610. The van der Waals surface area contributed by atoms with E-state index in [0.29, 0.717) is 24.7 Å². The molecule has 0 radical (unpaired) electrons. The number of aromatic nitrogens is 2. The molecule has 0 atom stereocenters. The molecule has 2 rings (SSSR count). The van der Waals surface area contributed by atoms with Gasteiger partial charge >= 0.3 is 0 Å². The fraction of sp³-hybridized carbons (Fsp3) is 0.217. The van der Waals surface area contributed by atoms with E-state index in [1.54, 1.807) is 21.9 Å². The number of anilines is 2. The van der Waals surface area contributed by atoms with Crippen molar-refractivity contribution < 1.29 is 9.59 Å². The highest BCUT2D eigenvalue weighted by Gasteiger charge is 2.18. The SMILES string of the molecule is C=C/C=C\C=C(/C)CN(C(C)=O)c1cc(N(Cc2ccccc2)C(C)=O)ncn1. The molecule has 0 unspecified atom stereocenters. The topological polar surface area (TPSA) is 66.4 Å². The maximum Gasteiger partial charge on any atom is 0.225 e. The lowest BCUT2D eigenvalue weighted by Crippen LogP contribution is -2.32. The summed E-state index contributed by atoms with van der Waals surface area (Å²) in [6.45, 7) is 9.32. The number of hydrogen-bond donors (Lipinski definition) is 0. The minimum Gasteiger partial charge on any atom is -0.293 e. The Morgan fingerprint density at radius 1 is 0.966 bits per heavy atom. The Balaban J connectivity index is 2.31. The van der Waals surface area contributed by atoms with E-state index in [2.05, 4.69) is 16.5 Å². The molecule has 0 bridgehead atoms. The van der Waals surface area contributed by atoms with Crippen molar-refractivity contribution in [2.45, 2.75) is 27.3 Å². The van der Waals surface area contributed by atoms with Crippen LogP contribution in [-0.4, -0.2) is 28.3 Å². The number of carbonyl (C=O) groups excluding carboxylic acids is 2. The Morgan fingerprint density at radius 3 is 2.17 bits per heavy atom. The summed E-state index contributed by atoms with van der Waals surface area (Å²) in [6.07, 6.45) is 8.66. The molecular formula is C23H26N4O2. The first-order valence-corrected chi connectivity index (χ1v) is 9.29. The summed E-state index contributed by atoms with van der Waals surface area (Å²) in [6, 6.07) is 11.3. The molecule has 0 aliphatic carbocycles. The van der Waals surface area contributed by atoms with E-state index in [4.69, 9.17) is 0 Å². The standard InChI is InChI=1S/C23H26N4O2/c1-5-6-8-11-18(2)15-26(19(3)28)22-14-23(25-17-24-22)27(20(4)29)16-21-12-9-7-10-13-21/h5-14,17H,1,15-16H2,2-4H3/b8-6-,18-11+. The highest BCUT2D eigenvalue weighted by molar-refractivity contribution is 5.93. The minimum absolute atomic E-state index is 0.140. The fourth-order valence-electron chi connectivity index (χ4n) is 2.71. The van der Waals surface area contributed by atoms with Crippen LogP contribution < -0.4 is 9.80 Å². The Morgan fingerprint density at radius 2 is 1.59 bits per heavy atom. The van der Waals surface area contributed by atoms with Crippen molar-refractivity contribution >= 4 is 23.5 Å². The second kappa shape index (κ2) is 10.7. The molecule has 0 aliphatic heterocycles. The number of hydrogen-bond acceptors (Lipinski definition) is 4. The lowest BCUT2D eigenvalue weighted by Gasteiger charge is -2.24. The number of amides is 2. The minimum atomic E-state index is -0.146. The number of nitrogens with zero attached hydrogens (tertiary/aromatic N) is 4. The molecule has 1 aromatic carbocycles. The average molecular weight is 390 g/mol. The number of allylic oxidation sites excluding steroid dienone is 4. The largest absolute Gasteiger partial charge is 0.293 e. The summed E-state index contributed by atoms with van der Waals surface area (Å²) < 4.78 is 0. The second-order valence-electron chi connectivity index (χ2n) is 6.56. The van der Waals surface area contributed by atoms with Gasteiger partial charge in [0.05, 0.1) is 6.54 Å². The molecule has 6 nitrogen and oxygen atoms in total. The van der Waals surface area contributed by atoms with Gasteiger partial charge in [0.1, 0.15) is 18.0 Å². The van der Waals surface area contributed by atoms with E-state index >= 15 is 0 Å². The maximum atomic E-state index is 12.2. The Labute approximate surface area is 171 Å². The third-order valence-electron chi connectivity index (χ3n) is 4.17. The molecule has 0 saturated carbocycles. The zero-order chi connectivity index (χ0) is 21.2. The van der Waals surface area contributed by atoms with Crippen LogP contribution in [0.1, 0.15) is 26.3 Å². The van der Waals surface area contributed by atoms with Crippen molar-refractivity contribution in [3.63, 3.8) is 0 Å². The van der Waals surface area contributed by atoms with E-state index in [-0.39, 0.29) is 11.8 Å². The summed E-state index contributed by atoms with van der Waals surface area (Å²) in [4.78, 5) is 36.1. The van der Waals surface area contributed by atoms with Crippen LogP contribution in [0.25, 0.3) is 0 Å². The van der Waals surface area contributed by atoms with E-state index in [9.17, 15) is 9.59 Å². The molecular weight excluding hydrogens is 364 g/mol. The van der Waals surface area contributed by atoms with Gasteiger partial charge in [-0.05, 0) is 12.5 Å². The molecule has 2 amide bonds. The van der Waals surface area contributed by atoms with E-state index in [0.717, 1.165) is 11.1 Å². The molecule has 6 heteroatoms. The van der Waals surface area contributed by atoms with E-state index < -0.39 is 0 Å². The Kier molecular flexibility index (Phi) is 8.03. The van der Waals surface area contributed by atoms with Crippen LogP contribution in [0.5, 0.6) is 0 Å². The van der Waals surface area contributed by atoms with Crippen molar-refractivity contribution in [3.8, 4) is 0 Å². The van der Waals surface area contributed by atoms with Gasteiger partial charge in [0.2, 0.25) is 11.8 Å². The highest BCUT2D eigenvalue weighted by atomic mass is 16.2. The molecule has 0 aliphatic rings. The Hall–Kier alpha value is -3.54. The summed E-state index contributed by atoms with van der Waals surface area (Å²) in [5.41, 5.74) is 1.96. The van der Waals surface area contributed by atoms with Gasteiger partial charge in [0.15, 0.2) is 0 Å². The first-order chi connectivity index (χ1) is 13.9. The van der Waals surface area contributed by atoms with Crippen molar-refractivity contribution in [1.82, 2.24) is 9.97 Å².